The smallest absolute Gasteiger partial charge is 0.311 e. The van der Waals surface area contributed by atoms with Gasteiger partial charge < -0.3 is 14.9 Å². The summed E-state index contributed by atoms with van der Waals surface area (Å²) in [5, 5.41) is 9.08. The molecule has 1 unspecified atom stereocenters. The summed E-state index contributed by atoms with van der Waals surface area (Å²) >= 11 is 1.48. The zero-order chi connectivity index (χ0) is 19.4. The van der Waals surface area contributed by atoms with Crippen molar-refractivity contribution in [2.75, 3.05) is 31.1 Å². The molecular formula is C20H23N3O3S. The van der Waals surface area contributed by atoms with Gasteiger partial charge in [0.1, 0.15) is 0 Å². The van der Waals surface area contributed by atoms with Crippen molar-refractivity contribution in [2.45, 2.75) is 19.8 Å². The molecule has 7 heteroatoms. The summed E-state index contributed by atoms with van der Waals surface area (Å²) in [6.45, 7) is 6.42. The van der Waals surface area contributed by atoms with Crippen molar-refractivity contribution < 1.29 is 14.7 Å². The number of carboxylic acids is 1. The van der Waals surface area contributed by atoms with Crippen molar-refractivity contribution in [3.05, 3.63) is 45.9 Å². The second kappa shape index (κ2) is 8.35. The van der Waals surface area contributed by atoms with Gasteiger partial charge in [0, 0.05) is 42.9 Å². The van der Waals surface area contributed by atoms with E-state index in [0.717, 1.165) is 47.3 Å². The van der Waals surface area contributed by atoms with Crippen LogP contribution in [0.4, 0.5) is 5.69 Å². The topological polar surface area (TPSA) is 73.7 Å². The lowest BCUT2D eigenvalue weighted by Gasteiger charge is -2.35. The van der Waals surface area contributed by atoms with Gasteiger partial charge in [0.15, 0.2) is 0 Å². The van der Waals surface area contributed by atoms with E-state index in [-0.39, 0.29) is 5.91 Å². The largest absolute Gasteiger partial charge is 0.481 e. The summed E-state index contributed by atoms with van der Waals surface area (Å²) in [7, 11) is 0. The van der Waals surface area contributed by atoms with Crippen LogP contribution in [0.3, 0.4) is 0 Å². The van der Waals surface area contributed by atoms with Crippen LogP contribution in [0.2, 0.25) is 0 Å². The fourth-order valence-corrected chi connectivity index (χ4v) is 3.90. The first-order valence-electron chi connectivity index (χ1n) is 8.91. The molecule has 2 aromatic rings. The first-order valence-corrected chi connectivity index (χ1v) is 9.73. The third-order valence-electron chi connectivity index (χ3n) is 4.72. The van der Waals surface area contributed by atoms with Crippen molar-refractivity contribution in [1.82, 2.24) is 9.88 Å². The Balaban J connectivity index is 1.60. The number of carboxylic acid groups (broad SMARTS) is 1. The average molecular weight is 385 g/mol. The quantitative estimate of drug-likeness (QED) is 0.856. The lowest BCUT2D eigenvalue weighted by atomic mass is 10.1. The number of thiophene rings is 1. The number of aromatic nitrogens is 1. The van der Waals surface area contributed by atoms with Crippen LogP contribution in [0.25, 0.3) is 12.2 Å². The molecule has 1 N–H and O–H groups in total. The minimum Gasteiger partial charge on any atom is -0.481 e. The molecule has 0 aliphatic carbocycles. The van der Waals surface area contributed by atoms with Crippen molar-refractivity contribution >= 4 is 41.1 Å². The van der Waals surface area contributed by atoms with Crippen LogP contribution in [0, 0.1) is 0 Å². The van der Waals surface area contributed by atoms with Crippen LogP contribution < -0.4 is 4.90 Å². The number of nitrogens with zero attached hydrogens (tertiary/aromatic N) is 3. The van der Waals surface area contributed by atoms with E-state index in [4.69, 9.17) is 5.11 Å². The van der Waals surface area contributed by atoms with Gasteiger partial charge in [0.25, 0.3) is 0 Å². The fraction of sp³-hybridized carbons (Fsp3) is 0.350. The molecule has 0 saturated carbocycles. The van der Waals surface area contributed by atoms with Gasteiger partial charge in [0.05, 0.1) is 23.5 Å². The Morgan fingerprint density at radius 1 is 1.15 bits per heavy atom. The second-order valence-corrected chi connectivity index (χ2v) is 7.71. The van der Waals surface area contributed by atoms with Crippen LogP contribution >= 0.6 is 11.3 Å². The van der Waals surface area contributed by atoms with Gasteiger partial charge in [-0.25, -0.2) is 0 Å². The highest BCUT2D eigenvalue weighted by molar-refractivity contribution is 7.13. The predicted octanol–water partition coefficient (Wildman–Crippen LogP) is 3.17. The fourth-order valence-electron chi connectivity index (χ4n) is 2.94. The highest BCUT2D eigenvalue weighted by Crippen LogP contribution is 2.26. The van der Waals surface area contributed by atoms with Crippen LogP contribution in [0.15, 0.2) is 30.5 Å². The Morgan fingerprint density at radius 3 is 2.48 bits per heavy atom. The van der Waals surface area contributed by atoms with E-state index in [1.807, 2.05) is 47.5 Å². The molecule has 3 heterocycles. The summed E-state index contributed by atoms with van der Waals surface area (Å²) in [6, 6.07) is 7.80. The number of rotatable bonds is 5. The Kier molecular flexibility index (Phi) is 5.91. The maximum absolute atomic E-state index is 11.4. The molecule has 1 aliphatic rings. The maximum Gasteiger partial charge on any atom is 0.311 e. The minimum absolute atomic E-state index is 0.128. The van der Waals surface area contributed by atoms with Crippen LogP contribution in [-0.2, 0) is 9.59 Å². The number of carbonyl (C=O) groups excluding carboxylic acids is 1. The molecule has 0 bridgehead atoms. The normalized spacial score (nSPS) is 15.9. The number of piperazine rings is 1. The first kappa shape index (κ1) is 19.1. The van der Waals surface area contributed by atoms with Crippen molar-refractivity contribution in [2.24, 2.45) is 0 Å². The summed E-state index contributed by atoms with van der Waals surface area (Å²) in [5.74, 6) is -1.17. The summed E-state index contributed by atoms with van der Waals surface area (Å²) in [4.78, 5) is 32.9. The highest BCUT2D eigenvalue weighted by Gasteiger charge is 2.19. The average Bonchev–Trinajstić information content (AvgIpc) is 3.15. The molecule has 3 rings (SSSR count). The number of aliphatic carboxylic acids is 1. The predicted molar refractivity (Wildman–Crippen MR) is 108 cm³/mol. The lowest BCUT2D eigenvalue weighted by Crippen LogP contribution is -2.48. The summed E-state index contributed by atoms with van der Waals surface area (Å²) < 4.78 is 0. The third kappa shape index (κ3) is 4.74. The molecular weight excluding hydrogens is 362 g/mol. The molecule has 142 valence electrons. The zero-order valence-corrected chi connectivity index (χ0v) is 16.3. The molecule has 27 heavy (non-hydrogen) atoms. The van der Waals surface area contributed by atoms with E-state index in [1.165, 1.54) is 11.3 Å². The van der Waals surface area contributed by atoms with Gasteiger partial charge in [-0.05, 0) is 43.3 Å². The molecule has 1 aliphatic heterocycles. The standard InChI is InChI=1S/C20H23N3O3S/c1-14(20(25)26)19-8-7-18(27-19)6-4-16-3-5-17(13-21-16)23-11-9-22(10-12-23)15(2)24/h3-8,13-14H,9-12H2,1-2H3,(H,25,26)/b6-4+. The number of anilines is 1. The zero-order valence-electron chi connectivity index (χ0n) is 15.5. The molecule has 2 aromatic heterocycles. The SMILES string of the molecule is CC(=O)N1CCN(c2ccc(/C=C/c3ccc(C(C)C(=O)O)s3)nc2)CC1. The molecule has 0 aromatic carbocycles. The summed E-state index contributed by atoms with van der Waals surface area (Å²) in [5.41, 5.74) is 1.91. The molecule has 6 nitrogen and oxygen atoms in total. The van der Waals surface area contributed by atoms with Gasteiger partial charge >= 0.3 is 5.97 Å². The lowest BCUT2D eigenvalue weighted by molar-refractivity contribution is -0.138. The molecule has 1 fully saturated rings. The Morgan fingerprint density at radius 2 is 1.89 bits per heavy atom. The molecule has 0 radical (unpaired) electrons. The Bertz CT molecular complexity index is 836. The molecule has 0 spiro atoms. The van der Waals surface area contributed by atoms with E-state index in [1.54, 1.807) is 13.8 Å². The number of carbonyl (C=O) groups is 2. The van der Waals surface area contributed by atoms with Crippen molar-refractivity contribution in [1.29, 1.82) is 0 Å². The van der Waals surface area contributed by atoms with Gasteiger partial charge in [0.2, 0.25) is 5.91 Å². The Labute approximate surface area is 162 Å². The van der Waals surface area contributed by atoms with E-state index >= 15 is 0 Å². The van der Waals surface area contributed by atoms with Gasteiger partial charge in [-0.3, -0.25) is 14.6 Å². The molecule has 1 saturated heterocycles. The van der Waals surface area contributed by atoms with Gasteiger partial charge in [-0.15, -0.1) is 11.3 Å². The number of amides is 1. The molecule has 1 atom stereocenters. The van der Waals surface area contributed by atoms with Gasteiger partial charge in [-0.1, -0.05) is 0 Å². The number of hydrogen-bond donors (Lipinski definition) is 1. The molecule has 1 amide bonds. The van der Waals surface area contributed by atoms with E-state index in [0.29, 0.717) is 0 Å². The first-order chi connectivity index (χ1) is 12.9. The third-order valence-corrected chi connectivity index (χ3v) is 5.96. The Hall–Kier alpha value is -2.67. The minimum atomic E-state index is -0.811. The van der Waals surface area contributed by atoms with Crippen molar-refractivity contribution in [3.63, 3.8) is 0 Å². The van der Waals surface area contributed by atoms with Crippen LogP contribution in [0.1, 0.15) is 35.2 Å². The van der Waals surface area contributed by atoms with E-state index in [9.17, 15) is 9.59 Å². The van der Waals surface area contributed by atoms with E-state index in [2.05, 4.69) is 9.88 Å². The number of hydrogen-bond acceptors (Lipinski definition) is 5. The van der Waals surface area contributed by atoms with E-state index < -0.39 is 11.9 Å². The van der Waals surface area contributed by atoms with Crippen molar-refractivity contribution in [3.8, 4) is 0 Å². The monoisotopic (exact) mass is 385 g/mol. The maximum atomic E-state index is 11.4. The van der Waals surface area contributed by atoms with Crippen LogP contribution in [-0.4, -0.2) is 53.0 Å². The van der Waals surface area contributed by atoms with Gasteiger partial charge in [-0.2, -0.15) is 0 Å². The van der Waals surface area contributed by atoms with Crippen LogP contribution in [0.5, 0.6) is 0 Å². The summed E-state index contributed by atoms with van der Waals surface area (Å²) in [6.07, 6.45) is 5.74. The second-order valence-electron chi connectivity index (χ2n) is 6.57. The number of pyridine rings is 1. The highest BCUT2D eigenvalue weighted by atomic mass is 32.1.